The van der Waals surface area contributed by atoms with E-state index in [0.29, 0.717) is 31.7 Å². The second kappa shape index (κ2) is 13.7. The quantitative estimate of drug-likeness (QED) is 0.0932. The summed E-state index contributed by atoms with van der Waals surface area (Å²) in [6.07, 6.45) is -1.75. The van der Waals surface area contributed by atoms with Crippen molar-refractivity contribution in [3.63, 3.8) is 0 Å². The fourth-order valence-corrected chi connectivity index (χ4v) is 5.41. The van der Waals surface area contributed by atoms with Gasteiger partial charge in [0.15, 0.2) is 6.29 Å². The van der Waals surface area contributed by atoms with Crippen molar-refractivity contribution in [3.8, 4) is 0 Å². The number of hydrogen-bond donors (Lipinski definition) is 8. The predicted molar refractivity (Wildman–Crippen MR) is 134 cm³/mol. The summed E-state index contributed by atoms with van der Waals surface area (Å²) in [6.45, 7) is 2.86. The molecule has 0 spiro atoms. The molecule has 13 heteroatoms. The highest BCUT2D eigenvalue weighted by molar-refractivity contribution is 5.50. The number of aldehydes is 1. The number of hydrogen-bond acceptors (Lipinski definition) is 13. The van der Waals surface area contributed by atoms with Gasteiger partial charge in [0.25, 0.3) is 0 Å². The highest BCUT2D eigenvalue weighted by Crippen LogP contribution is 2.35. The van der Waals surface area contributed by atoms with E-state index in [-0.39, 0.29) is 25.6 Å². The molecule has 0 radical (unpaired) electrons. The Morgan fingerprint density at radius 3 is 2.59 bits per heavy atom. The molecule has 214 valence electrons. The van der Waals surface area contributed by atoms with Gasteiger partial charge >= 0.3 is 0 Å². The molecular weight excluding hydrogens is 486 g/mol. The second-order valence-electron chi connectivity index (χ2n) is 10.3. The van der Waals surface area contributed by atoms with Crippen molar-refractivity contribution >= 4 is 6.29 Å². The van der Waals surface area contributed by atoms with Crippen LogP contribution < -0.4 is 27.8 Å². The molecular formula is C24H45N5O8. The molecule has 2 heterocycles. The van der Waals surface area contributed by atoms with E-state index in [2.05, 4.69) is 10.6 Å². The van der Waals surface area contributed by atoms with Crippen LogP contribution in [0.2, 0.25) is 0 Å². The Labute approximate surface area is 218 Å². The maximum absolute atomic E-state index is 11.4. The highest BCUT2D eigenvalue weighted by atomic mass is 16.7. The summed E-state index contributed by atoms with van der Waals surface area (Å²) in [5.74, 6) is 0.148. The van der Waals surface area contributed by atoms with Crippen molar-refractivity contribution in [2.24, 2.45) is 23.1 Å². The SMILES string of the molecule is CN[C@@H]1[C@@H](O)[C@@H](O[C@H]2[C@H](CC=O)C[C@H](N)C(O[C@H]3OC(CN)=CC[C@H]3NCCCN)[C@@H]2O)OC[C@]1(C)O. The van der Waals surface area contributed by atoms with Crippen molar-refractivity contribution in [3.05, 3.63) is 11.8 Å². The van der Waals surface area contributed by atoms with E-state index in [1.165, 1.54) is 0 Å². The minimum Gasteiger partial charge on any atom is -0.467 e. The Hall–Kier alpha value is -1.23. The molecule has 3 aliphatic rings. The first-order valence-electron chi connectivity index (χ1n) is 13.0. The van der Waals surface area contributed by atoms with Crippen LogP contribution >= 0.6 is 0 Å². The largest absolute Gasteiger partial charge is 0.467 e. The Bertz CT molecular complexity index is 759. The monoisotopic (exact) mass is 531 g/mol. The summed E-state index contributed by atoms with van der Waals surface area (Å²) in [5, 5.41) is 39.1. The van der Waals surface area contributed by atoms with Crippen molar-refractivity contribution in [1.29, 1.82) is 0 Å². The molecule has 0 aromatic rings. The van der Waals surface area contributed by atoms with Crippen LogP contribution in [-0.4, -0.2) is 116 Å². The zero-order chi connectivity index (χ0) is 27.2. The number of aliphatic hydroxyl groups excluding tert-OH is 2. The molecule has 11 N–H and O–H groups in total. The van der Waals surface area contributed by atoms with E-state index < -0.39 is 60.6 Å². The fourth-order valence-electron chi connectivity index (χ4n) is 5.41. The second-order valence-corrected chi connectivity index (χ2v) is 10.3. The number of carbonyl (C=O) groups excluding carboxylic acids is 1. The first-order valence-corrected chi connectivity index (χ1v) is 13.0. The van der Waals surface area contributed by atoms with Crippen molar-refractivity contribution in [2.75, 3.05) is 33.3 Å². The molecule has 2 aliphatic heterocycles. The van der Waals surface area contributed by atoms with Gasteiger partial charge in [-0.15, -0.1) is 0 Å². The van der Waals surface area contributed by atoms with Gasteiger partial charge in [-0.1, -0.05) is 0 Å². The van der Waals surface area contributed by atoms with Crippen LogP contribution in [0.15, 0.2) is 11.8 Å². The van der Waals surface area contributed by atoms with Gasteiger partial charge in [0.05, 0.1) is 31.3 Å². The number of likely N-dealkylation sites (N-methyl/N-ethyl adjacent to an activating group) is 1. The van der Waals surface area contributed by atoms with Crippen LogP contribution in [0.3, 0.4) is 0 Å². The van der Waals surface area contributed by atoms with Gasteiger partial charge < -0.3 is 66.9 Å². The summed E-state index contributed by atoms with van der Waals surface area (Å²) < 4.78 is 24.0. The Morgan fingerprint density at radius 2 is 1.95 bits per heavy atom. The van der Waals surface area contributed by atoms with E-state index in [9.17, 15) is 20.1 Å². The minimum absolute atomic E-state index is 0.0961. The zero-order valence-electron chi connectivity index (χ0n) is 21.7. The zero-order valence-corrected chi connectivity index (χ0v) is 21.7. The number of carbonyl (C=O) groups is 1. The number of nitrogens with two attached hydrogens (primary N) is 3. The van der Waals surface area contributed by atoms with Crippen molar-refractivity contribution in [1.82, 2.24) is 10.6 Å². The van der Waals surface area contributed by atoms with Gasteiger partial charge in [-0.05, 0) is 58.3 Å². The van der Waals surface area contributed by atoms with Crippen LogP contribution in [0, 0.1) is 5.92 Å². The van der Waals surface area contributed by atoms with Crippen LogP contribution in [-0.2, 0) is 23.7 Å². The van der Waals surface area contributed by atoms with Gasteiger partial charge in [0.1, 0.15) is 36.0 Å². The first kappa shape index (κ1) is 30.3. The smallest absolute Gasteiger partial charge is 0.215 e. The Kier molecular flexibility index (Phi) is 11.2. The van der Waals surface area contributed by atoms with Gasteiger partial charge in [0.2, 0.25) is 6.29 Å². The highest BCUT2D eigenvalue weighted by Gasteiger charge is 2.51. The number of nitrogens with one attached hydrogen (secondary N) is 2. The molecule has 1 saturated heterocycles. The third-order valence-electron chi connectivity index (χ3n) is 7.44. The molecule has 3 rings (SSSR count). The fraction of sp³-hybridized carbons (Fsp3) is 0.875. The minimum atomic E-state index is -1.33. The average molecular weight is 532 g/mol. The van der Waals surface area contributed by atoms with Gasteiger partial charge in [-0.3, -0.25) is 0 Å². The maximum Gasteiger partial charge on any atom is 0.215 e. The van der Waals surface area contributed by atoms with E-state index in [0.717, 1.165) is 12.7 Å². The number of rotatable bonds is 12. The lowest BCUT2D eigenvalue weighted by Crippen LogP contribution is -2.67. The summed E-state index contributed by atoms with van der Waals surface area (Å²) in [6, 6.07) is -1.55. The number of aliphatic hydroxyl groups is 3. The van der Waals surface area contributed by atoms with Crippen molar-refractivity contribution in [2.45, 2.75) is 93.3 Å². The summed E-state index contributed by atoms with van der Waals surface area (Å²) in [7, 11) is 1.62. The summed E-state index contributed by atoms with van der Waals surface area (Å²) in [5.41, 5.74) is 16.5. The lowest BCUT2D eigenvalue weighted by molar-refractivity contribution is -0.308. The molecule has 2 fully saturated rings. The third-order valence-corrected chi connectivity index (χ3v) is 7.44. The molecule has 0 bridgehead atoms. The summed E-state index contributed by atoms with van der Waals surface area (Å²) >= 11 is 0. The molecule has 0 aromatic heterocycles. The first-order chi connectivity index (χ1) is 17.7. The van der Waals surface area contributed by atoms with E-state index in [4.69, 9.17) is 36.1 Å². The van der Waals surface area contributed by atoms with Crippen LogP contribution in [0.25, 0.3) is 0 Å². The van der Waals surface area contributed by atoms with Crippen LogP contribution in [0.5, 0.6) is 0 Å². The number of ether oxygens (including phenoxy) is 4. The van der Waals surface area contributed by atoms with E-state index in [1.54, 1.807) is 14.0 Å². The van der Waals surface area contributed by atoms with Gasteiger partial charge in [-0.25, -0.2) is 0 Å². The van der Waals surface area contributed by atoms with Crippen LogP contribution in [0.4, 0.5) is 0 Å². The van der Waals surface area contributed by atoms with E-state index in [1.807, 2.05) is 6.08 Å². The molecule has 11 atom stereocenters. The average Bonchev–Trinajstić information content (AvgIpc) is 2.86. The van der Waals surface area contributed by atoms with Crippen molar-refractivity contribution < 1.29 is 39.1 Å². The van der Waals surface area contributed by atoms with Gasteiger partial charge in [-0.2, -0.15) is 0 Å². The van der Waals surface area contributed by atoms with E-state index >= 15 is 0 Å². The topological polar surface area (TPSA) is 217 Å². The van der Waals surface area contributed by atoms with Gasteiger partial charge in [0, 0.05) is 12.5 Å². The van der Waals surface area contributed by atoms with Crippen LogP contribution in [0.1, 0.15) is 32.6 Å². The predicted octanol–water partition coefficient (Wildman–Crippen LogP) is -2.99. The lowest BCUT2D eigenvalue weighted by Gasteiger charge is -2.48. The third kappa shape index (κ3) is 7.25. The Morgan fingerprint density at radius 1 is 1.22 bits per heavy atom. The molecule has 1 unspecified atom stereocenters. The summed E-state index contributed by atoms with van der Waals surface area (Å²) in [4.78, 5) is 11.4. The maximum atomic E-state index is 11.4. The Balaban J connectivity index is 1.76. The molecule has 13 nitrogen and oxygen atoms in total. The molecule has 0 aromatic carbocycles. The molecule has 1 aliphatic carbocycles. The lowest BCUT2D eigenvalue weighted by atomic mass is 9.78. The normalized spacial score (nSPS) is 42.6. The standard InChI is InChI=1S/C24H45N5O8/c1-24(33)12-34-23(18(32)21(24)28-2)36-19-13(6-9-30)10-15(27)20(17(19)31)37-22-16(29-8-3-7-25)5-4-14(11-26)35-22/h4,9,13,15-23,28-29,31-33H,3,5-8,10-12,25-27H2,1-2H3/t13-,15+,16-,17-,18-,19+,20?,21-,22-,23-,24+/m1/s1. The molecule has 1 saturated carbocycles. The molecule has 0 amide bonds. The molecule has 37 heavy (non-hydrogen) atoms.